The summed E-state index contributed by atoms with van der Waals surface area (Å²) in [4.78, 5) is 0. The number of nitrogens with one attached hydrogen (secondary N) is 1. The molecule has 1 rings (SSSR count). The van der Waals surface area contributed by atoms with Gasteiger partial charge in [-0.15, -0.1) is 0 Å². The van der Waals surface area contributed by atoms with Crippen LogP contribution in [0.1, 0.15) is 26.2 Å². The van der Waals surface area contributed by atoms with E-state index in [9.17, 15) is 9.65 Å². The van der Waals surface area contributed by atoms with Crippen LogP contribution < -0.4 is 5.32 Å². The maximum atomic E-state index is 12.9. The quantitative estimate of drug-likeness (QED) is 0.758. The highest BCUT2D eigenvalue weighted by Gasteiger charge is 2.31. The maximum absolute atomic E-state index is 12.9. The first-order valence-corrected chi connectivity index (χ1v) is 5.89. The maximum Gasteiger partial charge on any atom is 0.122 e. The van der Waals surface area contributed by atoms with Gasteiger partial charge >= 0.3 is 0 Å². The third-order valence-electron chi connectivity index (χ3n) is 3.14. The third kappa shape index (κ3) is 4.16. The van der Waals surface area contributed by atoms with Crippen LogP contribution in [0.2, 0.25) is 0 Å². The summed E-state index contributed by atoms with van der Waals surface area (Å²) in [6, 6.07) is 2.43. The Morgan fingerprint density at radius 1 is 1.47 bits per heavy atom. The SMILES string of the molecule is C=C/C(F)=C\C=C(/C)CC1(C#N)CCNCC1. The van der Waals surface area contributed by atoms with Crippen molar-refractivity contribution in [1.82, 2.24) is 5.32 Å². The minimum absolute atomic E-state index is 0.273. The molecule has 0 aliphatic carbocycles. The van der Waals surface area contributed by atoms with E-state index in [1.54, 1.807) is 6.08 Å². The average Bonchev–Trinajstić information content (AvgIpc) is 2.37. The molecule has 0 aromatic heterocycles. The third-order valence-corrected chi connectivity index (χ3v) is 3.14. The van der Waals surface area contributed by atoms with Crippen molar-refractivity contribution < 1.29 is 4.39 Å². The summed E-state index contributed by atoms with van der Waals surface area (Å²) in [5.41, 5.74) is 0.759. The van der Waals surface area contributed by atoms with Gasteiger partial charge in [0.15, 0.2) is 0 Å². The molecule has 17 heavy (non-hydrogen) atoms. The lowest BCUT2D eigenvalue weighted by molar-refractivity contribution is 0.280. The molecule has 1 aliphatic rings. The van der Waals surface area contributed by atoms with Crippen molar-refractivity contribution in [3.05, 3.63) is 36.2 Å². The Kier molecular flexibility index (Phi) is 5.11. The Bertz CT molecular complexity index is 368. The normalized spacial score (nSPS) is 20.8. The van der Waals surface area contributed by atoms with E-state index in [0.29, 0.717) is 6.42 Å². The van der Waals surface area contributed by atoms with Crippen LogP contribution in [0.4, 0.5) is 4.39 Å². The molecule has 0 unspecified atom stereocenters. The van der Waals surface area contributed by atoms with Gasteiger partial charge in [-0.3, -0.25) is 0 Å². The van der Waals surface area contributed by atoms with Gasteiger partial charge in [0.05, 0.1) is 11.5 Å². The van der Waals surface area contributed by atoms with Crippen molar-refractivity contribution in [2.75, 3.05) is 13.1 Å². The van der Waals surface area contributed by atoms with Gasteiger partial charge in [-0.1, -0.05) is 18.2 Å². The van der Waals surface area contributed by atoms with E-state index in [0.717, 1.165) is 31.5 Å². The Hall–Kier alpha value is -1.40. The van der Waals surface area contributed by atoms with Crippen LogP contribution >= 0.6 is 0 Å². The van der Waals surface area contributed by atoms with Crippen LogP contribution in [0.3, 0.4) is 0 Å². The molecule has 0 radical (unpaired) electrons. The average molecular weight is 234 g/mol. The Balaban J connectivity index is 2.68. The molecule has 0 aromatic rings. The van der Waals surface area contributed by atoms with Gasteiger partial charge in [-0.05, 0) is 51.4 Å². The lowest BCUT2D eigenvalue weighted by Crippen LogP contribution is -2.35. The first-order chi connectivity index (χ1) is 8.12. The molecular formula is C14H19FN2. The van der Waals surface area contributed by atoms with E-state index in [2.05, 4.69) is 18.0 Å². The summed E-state index contributed by atoms with van der Waals surface area (Å²) in [5, 5.41) is 12.6. The first-order valence-electron chi connectivity index (χ1n) is 5.89. The molecule has 1 fully saturated rings. The first kappa shape index (κ1) is 13.7. The van der Waals surface area contributed by atoms with E-state index in [1.807, 2.05) is 6.92 Å². The molecule has 92 valence electrons. The van der Waals surface area contributed by atoms with E-state index < -0.39 is 0 Å². The van der Waals surface area contributed by atoms with E-state index in [1.165, 1.54) is 12.2 Å². The molecule has 0 spiro atoms. The number of allylic oxidation sites excluding steroid dienone is 5. The summed E-state index contributed by atoms with van der Waals surface area (Å²) in [5.74, 6) is -0.347. The summed E-state index contributed by atoms with van der Waals surface area (Å²) in [6.45, 7) is 7.06. The molecule has 1 saturated heterocycles. The second-order valence-corrected chi connectivity index (χ2v) is 4.59. The number of nitrogens with zero attached hydrogens (tertiary/aromatic N) is 1. The fraction of sp³-hybridized carbons (Fsp3) is 0.500. The van der Waals surface area contributed by atoms with Gasteiger partial charge in [0.2, 0.25) is 0 Å². The standard InChI is InChI=1S/C14H19FN2/c1-3-13(15)5-4-12(2)10-14(11-16)6-8-17-9-7-14/h3-5,17H,1,6-10H2,2H3/b12-4+,13-5+. The van der Waals surface area contributed by atoms with E-state index in [-0.39, 0.29) is 11.2 Å². The minimum Gasteiger partial charge on any atom is -0.317 e. The highest BCUT2D eigenvalue weighted by molar-refractivity contribution is 5.21. The number of rotatable bonds is 4. The minimum atomic E-state index is -0.347. The van der Waals surface area contributed by atoms with Crippen molar-refractivity contribution in [3.63, 3.8) is 0 Å². The molecule has 0 saturated carbocycles. The Labute approximate surface area is 103 Å². The van der Waals surface area contributed by atoms with Crippen LogP contribution in [0, 0.1) is 16.7 Å². The highest BCUT2D eigenvalue weighted by Crippen LogP contribution is 2.34. The van der Waals surface area contributed by atoms with Crippen molar-refractivity contribution in [3.8, 4) is 6.07 Å². The van der Waals surface area contributed by atoms with Gasteiger partial charge < -0.3 is 5.32 Å². The molecule has 1 heterocycles. The molecule has 3 heteroatoms. The molecule has 1 aliphatic heterocycles. The second kappa shape index (κ2) is 6.36. The molecule has 2 nitrogen and oxygen atoms in total. The monoisotopic (exact) mass is 234 g/mol. The summed E-state index contributed by atoms with van der Waals surface area (Å²) >= 11 is 0. The van der Waals surface area contributed by atoms with Crippen LogP contribution in [0.25, 0.3) is 0 Å². The largest absolute Gasteiger partial charge is 0.317 e. The molecule has 1 N–H and O–H groups in total. The van der Waals surface area contributed by atoms with Crippen molar-refractivity contribution >= 4 is 0 Å². The zero-order chi connectivity index (χ0) is 12.7. The number of piperidine rings is 1. The smallest absolute Gasteiger partial charge is 0.122 e. The van der Waals surface area contributed by atoms with E-state index in [4.69, 9.17) is 0 Å². The number of hydrogen-bond acceptors (Lipinski definition) is 2. The zero-order valence-electron chi connectivity index (χ0n) is 10.3. The van der Waals surface area contributed by atoms with Crippen LogP contribution in [-0.4, -0.2) is 13.1 Å². The lowest BCUT2D eigenvalue weighted by Gasteiger charge is -2.31. The van der Waals surface area contributed by atoms with Gasteiger partial charge in [0.1, 0.15) is 5.83 Å². The fourth-order valence-corrected chi connectivity index (χ4v) is 2.12. The van der Waals surface area contributed by atoms with Gasteiger partial charge in [-0.25, -0.2) is 4.39 Å². The second-order valence-electron chi connectivity index (χ2n) is 4.59. The van der Waals surface area contributed by atoms with Gasteiger partial charge in [0.25, 0.3) is 0 Å². The Morgan fingerprint density at radius 3 is 2.65 bits per heavy atom. The Morgan fingerprint density at radius 2 is 2.12 bits per heavy atom. The number of halogens is 1. The van der Waals surface area contributed by atoms with E-state index >= 15 is 0 Å². The summed E-state index contributed by atoms with van der Waals surface area (Å²) in [7, 11) is 0. The predicted octanol–water partition coefficient (Wildman–Crippen LogP) is 3.26. The molecule has 0 aromatic carbocycles. The lowest BCUT2D eigenvalue weighted by atomic mass is 9.75. The molecule has 0 bridgehead atoms. The zero-order valence-corrected chi connectivity index (χ0v) is 10.3. The predicted molar refractivity (Wildman–Crippen MR) is 67.9 cm³/mol. The van der Waals surface area contributed by atoms with Crippen LogP contribution in [0.5, 0.6) is 0 Å². The topological polar surface area (TPSA) is 35.8 Å². The van der Waals surface area contributed by atoms with Gasteiger partial charge in [0, 0.05) is 0 Å². The van der Waals surface area contributed by atoms with Crippen LogP contribution in [-0.2, 0) is 0 Å². The van der Waals surface area contributed by atoms with Crippen molar-refractivity contribution in [1.29, 1.82) is 5.26 Å². The molecule has 0 atom stereocenters. The summed E-state index contributed by atoms with van der Waals surface area (Å²) < 4.78 is 12.9. The fourth-order valence-electron chi connectivity index (χ4n) is 2.12. The van der Waals surface area contributed by atoms with Crippen molar-refractivity contribution in [2.24, 2.45) is 5.41 Å². The number of nitriles is 1. The molecule has 0 amide bonds. The highest BCUT2D eigenvalue weighted by atomic mass is 19.1. The molecular weight excluding hydrogens is 215 g/mol. The van der Waals surface area contributed by atoms with Gasteiger partial charge in [-0.2, -0.15) is 5.26 Å². The van der Waals surface area contributed by atoms with Crippen molar-refractivity contribution in [2.45, 2.75) is 26.2 Å². The number of hydrogen-bond donors (Lipinski definition) is 1. The van der Waals surface area contributed by atoms with Crippen LogP contribution in [0.15, 0.2) is 36.2 Å². The summed E-state index contributed by atoms with van der Waals surface area (Å²) in [6.07, 6.45) is 6.75.